The van der Waals surface area contributed by atoms with Crippen molar-refractivity contribution in [2.24, 2.45) is 5.14 Å². The summed E-state index contributed by atoms with van der Waals surface area (Å²) in [6, 6.07) is 14.4. The highest BCUT2D eigenvalue weighted by atomic mass is 32.2. The topological polar surface area (TPSA) is 106 Å². The maximum Gasteiger partial charge on any atom is 0.238 e. The number of rotatable bonds is 6. The van der Waals surface area contributed by atoms with Crippen molar-refractivity contribution in [3.63, 3.8) is 0 Å². The van der Waals surface area contributed by atoms with Crippen molar-refractivity contribution in [1.29, 1.82) is 0 Å². The van der Waals surface area contributed by atoms with E-state index in [2.05, 4.69) is 4.72 Å². The van der Waals surface area contributed by atoms with Crippen LogP contribution in [0.15, 0.2) is 53.4 Å². The van der Waals surface area contributed by atoms with Crippen molar-refractivity contribution in [3.8, 4) is 11.1 Å². The standard InChI is InChI=1S/C20H26N2O4S2/c1-14(2)28(25,26)22-20-5-3-4-19(20)17-8-6-15(7-9-17)16-10-12-18(13-11-16)27(21,23)24/h6-14,19-20,22H,3-5H2,1-2H3,(H2,21,23,24)/t19-,20+/m1/s1. The lowest BCUT2D eigenvalue weighted by atomic mass is 9.93. The second kappa shape index (κ2) is 7.94. The van der Waals surface area contributed by atoms with E-state index in [-0.39, 0.29) is 16.9 Å². The van der Waals surface area contributed by atoms with Crippen LogP contribution in [-0.4, -0.2) is 28.1 Å². The molecule has 8 heteroatoms. The molecule has 0 spiro atoms. The van der Waals surface area contributed by atoms with Crippen LogP contribution in [0.5, 0.6) is 0 Å². The van der Waals surface area contributed by atoms with E-state index in [1.807, 2.05) is 24.3 Å². The van der Waals surface area contributed by atoms with Gasteiger partial charge >= 0.3 is 0 Å². The molecule has 28 heavy (non-hydrogen) atoms. The van der Waals surface area contributed by atoms with E-state index in [0.717, 1.165) is 36.0 Å². The molecular weight excluding hydrogens is 396 g/mol. The zero-order valence-corrected chi connectivity index (χ0v) is 17.6. The summed E-state index contributed by atoms with van der Waals surface area (Å²) >= 11 is 0. The first-order chi connectivity index (χ1) is 13.1. The number of benzene rings is 2. The molecule has 1 aliphatic rings. The Balaban J connectivity index is 1.78. The van der Waals surface area contributed by atoms with Crippen LogP contribution in [0.1, 0.15) is 44.6 Å². The second-order valence-corrected chi connectivity index (χ2v) is 11.4. The molecule has 1 aliphatic carbocycles. The Morgan fingerprint density at radius 2 is 1.43 bits per heavy atom. The van der Waals surface area contributed by atoms with Gasteiger partial charge in [-0.1, -0.05) is 42.8 Å². The number of nitrogens with one attached hydrogen (secondary N) is 1. The zero-order valence-electron chi connectivity index (χ0n) is 16.0. The molecule has 152 valence electrons. The lowest BCUT2D eigenvalue weighted by molar-refractivity contribution is 0.519. The summed E-state index contributed by atoms with van der Waals surface area (Å²) in [6.45, 7) is 3.37. The molecule has 0 amide bonds. The molecule has 2 atom stereocenters. The van der Waals surface area contributed by atoms with E-state index in [4.69, 9.17) is 5.14 Å². The summed E-state index contributed by atoms with van der Waals surface area (Å²) in [5, 5.41) is 4.69. The van der Waals surface area contributed by atoms with Gasteiger partial charge in [0.2, 0.25) is 20.0 Å². The molecule has 0 unspecified atom stereocenters. The smallest absolute Gasteiger partial charge is 0.225 e. The Bertz CT molecular complexity index is 1030. The lowest BCUT2D eigenvalue weighted by Gasteiger charge is -2.23. The fourth-order valence-corrected chi connectivity index (χ4v) is 5.10. The van der Waals surface area contributed by atoms with E-state index in [1.54, 1.807) is 26.0 Å². The lowest BCUT2D eigenvalue weighted by Crippen LogP contribution is -2.40. The molecule has 0 aliphatic heterocycles. The van der Waals surface area contributed by atoms with E-state index in [1.165, 1.54) is 12.1 Å². The molecule has 2 aromatic rings. The van der Waals surface area contributed by atoms with Crippen LogP contribution in [0, 0.1) is 0 Å². The average Bonchev–Trinajstić information content (AvgIpc) is 3.08. The quantitative estimate of drug-likeness (QED) is 0.746. The largest absolute Gasteiger partial charge is 0.238 e. The molecule has 0 aromatic heterocycles. The average molecular weight is 423 g/mol. The summed E-state index contributed by atoms with van der Waals surface area (Å²) in [5.74, 6) is 0.160. The molecular formula is C20H26N2O4S2. The summed E-state index contributed by atoms with van der Waals surface area (Å²) in [4.78, 5) is 0.0825. The van der Waals surface area contributed by atoms with Gasteiger partial charge in [0.1, 0.15) is 0 Å². The monoisotopic (exact) mass is 422 g/mol. The van der Waals surface area contributed by atoms with E-state index >= 15 is 0 Å². The van der Waals surface area contributed by atoms with Crippen molar-refractivity contribution in [1.82, 2.24) is 4.72 Å². The first kappa shape index (κ1) is 21.0. The molecule has 3 rings (SSSR count). The SMILES string of the molecule is CC(C)S(=O)(=O)N[C@H]1CCC[C@@H]1c1ccc(-c2ccc(S(N)(=O)=O)cc2)cc1. The van der Waals surface area contributed by atoms with Crippen LogP contribution in [0.2, 0.25) is 0 Å². The van der Waals surface area contributed by atoms with Crippen molar-refractivity contribution >= 4 is 20.0 Å². The van der Waals surface area contributed by atoms with Crippen LogP contribution in [0.4, 0.5) is 0 Å². The van der Waals surface area contributed by atoms with Crippen molar-refractivity contribution in [2.45, 2.75) is 55.2 Å². The minimum atomic E-state index is -3.70. The Morgan fingerprint density at radius 3 is 1.93 bits per heavy atom. The third kappa shape index (κ3) is 4.63. The van der Waals surface area contributed by atoms with E-state index in [0.29, 0.717) is 0 Å². The van der Waals surface area contributed by atoms with Crippen molar-refractivity contribution < 1.29 is 16.8 Å². The fraction of sp³-hybridized carbons (Fsp3) is 0.400. The molecule has 0 radical (unpaired) electrons. The van der Waals surface area contributed by atoms with Gasteiger partial charge in [0.25, 0.3) is 0 Å². The van der Waals surface area contributed by atoms with Gasteiger partial charge in [0.15, 0.2) is 0 Å². The Hall–Kier alpha value is -1.74. The van der Waals surface area contributed by atoms with Crippen LogP contribution in [0.3, 0.4) is 0 Å². The highest BCUT2D eigenvalue weighted by Crippen LogP contribution is 2.36. The Kier molecular flexibility index (Phi) is 5.95. The first-order valence-corrected chi connectivity index (χ1v) is 12.4. The van der Waals surface area contributed by atoms with Crippen LogP contribution in [0.25, 0.3) is 11.1 Å². The van der Waals surface area contributed by atoms with Gasteiger partial charge in [0, 0.05) is 12.0 Å². The van der Waals surface area contributed by atoms with Gasteiger partial charge in [-0.15, -0.1) is 0 Å². The van der Waals surface area contributed by atoms with Gasteiger partial charge in [0.05, 0.1) is 10.1 Å². The summed E-state index contributed by atoms with van der Waals surface area (Å²) in [6.07, 6.45) is 2.79. The van der Waals surface area contributed by atoms with Crippen LogP contribution in [-0.2, 0) is 20.0 Å². The fourth-order valence-electron chi connectivity index (χ4n) is 3.61. The molecule has 2 aromatic carbocycles. The van der Waals surface area contributed by atoms with Crippen LogP contribution < -0.4 is 9.86 Å². The predicted octanol–water partition coefficient (Wildman–Crippen LogP) is 2.96. The van der Waals surface area contributed by atoms with Crippen molar-refractivity contribution in [2.75, 3.05) is 0 Å². The minimum absolute atomic E-state index is 0.0766. The van der Waals surface area contributed by atoms with Gasteiger partial charge in [-0.05, 0) is 55.5 Å². The van der Waals surface area contributed by atoms with E-state index in [9.17, 15) is 16.8 Å². The third-order valence-corrected chi connectivity index (χ3v) is 8.11. The third-order valence-electron chi connectivity index (χ3n) is 5.31. The molecule has 0 saturated heterocycles. The first-order valence-electron chi connectivity index (χ1n) is 9.32. The van der Waals surface area contributed by atoms with Gasteiger partial charge < -0.3 is 0 Å². The number of primary sulfonamides is 1. The molecule has 1 fully saturated rings. The molecule has 0 bridgehead atoms. The van der Waals surface area contributed by atoms with Gasteiger partial charge in [-0.25, -0.2) is 26.7 Å². The Morgan fingerprint density at radius 1 is 0.893 bits per heavy atom. The number of nitrogens with two attached hydrogens (primary N) is 1. The van der Waals surface area contributed by atoms with Gasteiger partial charge in [-0.2, -0.15) is 0 Å². The Labute approximate surface area is 167 Å². The minimum Gasteiger partial charge on any atom is -0.225 e. The normalized spacial score (nSPS) is 20.6. The van der Waals surface area contributed by atoms with Gasteiger partial charge in [-0.3, -0.25) is 0 Å². The summed E-state index contributed by atoms with van der Waals surface area (Å²) in [5.41, 5.74) is 2.96. The summed E-state index contributed by atoms with van der Waals surface area (Å²) in [7, 11) is -7.00. The molecule has 6 nitrogen and oxygen atoms in total. The molecule has 3 N–H and O–H groups in total. The predicted molar refractivity (Wildman–Crippen MR) is 111 cm³/mol. The number of hydrogen-bond acceptors (Lipinski definition) is 4. The highest BCUT2D eigenvalue weighted by molar-refractivity contribution is 7.90. The van der Waals surface area contributed by atoms with E-state index < -0.39 is 25.3 Å². The van der Waals surface area contributed by atoms with Crippen LogP contribution >= 0.6 is 0 Å². The second-order valence-electron chi connectivity index (χ2n) is 7.55. The number of hydrogen-bond donors (Lipinski definition) is 2. The highest BCUT2D eigenvalue weighted by Gasteiger charge is 2.32. The maximum absolute atomic E-state index is 12.2. The summed E-state index contributed by atoms with van der Waals surface area (Å²) < 4.78 is 50.1. The number of sulfonamides is 2. The molecule has 0 heterocycles. The van der Waals surface area contributed by atoms with Crippen molar-refractivity contribution in [3.05, 3.63) is 54.1 Å². The molecule has 1 saturated carbocycles. The maximum atomic E-state index is 12.2. The zero-order chi connectivity index (χ0) is 20.5.